The van der Waals surface area contributed by atoms with E-state index in [4.69, 9.17) is 21.3 Å². The van der Waals surface area contributed by atoms with Gasteiger partial charge in [-0.3, -0.25) is 0 Å². The third-order valence-corrected chi connectivity index (χ3v) is 5.19. The predicted octanol–water partition coefficient (Wildman–Crippen LogP) is 5.88. The van der Waals surface area contributed by atoms with Gasteiger partial charge in [-0.15, -0.1) is 11.3 Å². The number of hydrogen-bond donors (Lipinski definition) is 0. The van der Waals surface area contributed by atoms with Crippen molar-refractivity contribution in [2.75, 3.05) is 6.61 Å². The molecule has 2 heterocycles. The van der Waals surface area contributed by atoms with Crippen molar-refractivity contribution in [2.24, 2.45) is 0 Å². The van der Waals surface area contributed by atoms with Gasteiger partial charge in [-0.25, -0.2) is 9.78 Å². The number of carbonyl (C=O) groups is 1. The van der Waals surface area contributed by atoms with Crippen LogP contribution in [0, 0.1) is 6.92 Å². The van der Waals surface area contributed by atoms with Crippen molar-refractivity contribution >= 4 is 39.8 Å². The summed E-state index contributed by atoms with van der Waals surface area (Å²) in [5.74, 6) is -0.310. The molecule has 0 unspecified atom stereocenters. The fourth-order valence-electron chi connectivity index (χ4n) is 2.51. The van der Waals surface area contributed by atoms with Crippen LogP contribution in [-0.2, 0) is 4.74 Å². The highest BCUT2D eigenvalue weighted by atomic mass is 35.5. The largest absolute Gasteiger partial charge is 0.462 e. The second-order valence-corrected chi connectivity index (χ2v) is 6.95. The molecular formula is C19H18ClNO2S. The number of benzene rings is 1. The number of hydrogen-bond acceptors (Lipinski definition) is 4. The number of rotatable bonds is 5. The SMILES string of the molecule is CCCCOC(=O)c1cc(-c2cccs2)nc2c(C)c(Cl)ccc12. The molecule has 0 fully saturated rings. The van der Waals surface area contributed by atoms with E-state index in [-0.39, 0.29) is 5.97 Å². The van der Waals surface area contributed by atoms with Gasteiger partial charge >= 0.3 is 5.97 Å². The van der Waals surface area contributed by atoms with Crippen LogP contribution in [0.1, 0.15) is 35.7 Å². The van der Waals surface area contributed by atoms with Crippen LogP contribution in [0.15, 0.2) is 35.7 Å². The van der Waals surface area contributed by atoms with Gasteiger partial charge in [-0.05, 0) is 42.5 Å². The fourth-order valence-corrected chi connectivity index (χ4v) is 3.35. The maximum absolute atomic E-state index is 12.6. The fraction of sp³-hybridized carbons (Fsp3) is 0.263. The molecule has 1 aromatic carbocycles. The van der Waals surface area contributed by atoms with Crippen molar-refractivity contribution < 1.29 is 9.53 Å². The Morgan fingerprint density at radius 1 is 1.33 bits per heavy atom. The smallest absolute Gasteiger partial charge is 0.338 e. The molecule has 3 rings (SSSR count). The third kappa shape index (κ3) is 3.30. The quantitative estimate of drug-likeness (QED) is 0.421. The van der Waals surface area contributed by atoms with Crippen LogP contribution in [0.4, 0.5) is 0 Å². The molecule has 0 saturated heterocycles. The molecule has 0 spiro atoms. The number of pyridine rings is 1. The zero-order chi connectivity index (χ0) is 17.1. The van der Waals surface area contributed by atoms with Gasteiger partial charge in [0.05, 0.1) is 28.3 Å². The van der Waals surface area contributed by atoms with Gasteiger partial charge in [0.2, 0.25) is 0 Å². The first-order valence-corrected chi connectivity index (χ1v) is 9.18. The molecule has 2 aromatic heterocycles. The average molecular weight is 360 g/mol. The highest BCUT2D eigenvalue weighted by Gasteiger charge is 2.17. The number of halogens is 1. The predicted molar refractivity (Wildman–Crippen MR) is 100.0 cm³/mol. The summed E-state index contributed by atoms with van der Waals surface area (Å²) in [7, 11) is 0. The Hall–Kier alpha value is -1.91. The number of fused-ring (bicyclic) bond motifs is 1. The van der Waals surface area contributed by atoms with Gasteiger partial charge in [-0.1, -0.05) is 37.1 Å². The zero-order valence-electron chi connectivity index (χ0n) is 13.6. The van der Waals surface area contributed by atoms with Crippen molar-refractivity contribution in [1.82, 2.24) is 4.98 Å². The molecule has 0 aliphatic carbocycles. The first-order valence-electron chi connectivity index (χ1n) is 7.92. The molecular weight excluding hydrogens is 342 g/mol. The Labute approximate surface area is 150 Å². The Bertz CT molecular complexity index is 875. The molecule has 24 heavy (non-hydrogen) atoms. The van der Waals surface area contributed by atoms with E-state index in [1.54, 1.807) is 17.4 Å². The summed E-state index contributed by atoms with van der Waals surface area (Å²) in [5.41, 5.74) is 2.93. The Morgan fingerprint density at radius 3 is 2.88 bits per heavy atom. The average Bonchev–Trinajstić information content (AvgIpc) is 3.12. The first-order chi connectivity index (χ1) is 11.6. The van der Waals surface area contributed by atoms with E-state index < -0.39 is 0 Å². The number of ether oxygens (including phenoxy) is 1. The number of unbranched alkanes of at least 4 members (excludes halogenated alkanes) is 1. The monoisotopic (exact) mass is 359 g/mol. The minimum absolute atomic E-state index is 0.310. The summed E-state index contributed by atoms with van der Waals surface area (Å²) in [6.07, 6.45) is 1.84. The number of carbonyl (C=O) groups excluding carboxylic acids is 1. The van der Waals surface area contributed by atoms with Crippen LogP contribution in [0.3, 0.4) is 0 Å². The Morgan fingerprint density at radius 2 is 2.17 bits per heavy atom. The molecule has 0 N–H and O–H groups in total. The molecule has 3 aromatic rings. The van der Waals surface area contributed by atoms with Crippen molar-refractivity contribution in [3.8, 4) is 10.6 Å². The summed E-state index contributed by atoms with van der Waals surface area (Å²) in [6.45, 7) is 4.41. The lowest BCUT2D eigenvalue weighted by atomic mass is 10.0. The minimum Gasteiger partial charge on any atom is -0.462 e. The van der Waals surface area contributed by atoms with Crippen LogP contribution < -0.4 is 0 Å². The Kier molecular flexibility index (Phi) is 5.17. The van der Waals surface area contributed by atoms with Crippen molar-refractivity contribution in [3.05, 3.63) is 51.9 Å². The maximum atomic E-state index is 12.6. The van der Waals surface area contributed by atoms with Crippen LogP contribution >= 0.6 is 22.9 Å². The number of aryl methyl sites for hydroxylation is 1. The van der Waals surface area contributed by atoms with Crippen LogP contribution in [-0.4, -0.2) is 17.6 Å². The van der Waals surface area contributed by atoms with E-state index in [1.165, 1.54) is 0 Å². The Balaban J connectivity index is 2.15. The number of aromatic nitrogens is 1. The summed E-state index contributed by atoms with van der Waals surface area (Å²) >= 11 is 7.83. The number of esters is 1. The molecule has 0 amide bonds. The van der Waals surface area contributed by atoms with E-state index >= 15 is 0 Å². The standard InChI is InChI=1S/C19H18ClNO2S/c1-3-4-9-23-19(22)14-11-16(17-6-5-10-24-17)21-18-12(2)15(20)8-7-13(14)18/h5-8,10-11H,3-4,9H2,1-2H3. The molecule has 0 radical (unpaired) electrons. The van der Waals surface area contributed by atoms with E-state index in [2.05, 4.69) is 6.92 Å². The van der Waals surface area contributed by atoms with Gasteiger partial charge in [-0.2, -0.15) is 0 Å². The second kappa shape index (κ2) is 7.32. The molecule has 5 heteroatoms. The van der Waals surface area contributed by atoms with E-state index in [0.29, 0.717) is 17.2 Å². The minimum atomic E-state index is -0.310. The summed E-state index contributed by atoms with van der Waals surface area (Å²) in [5, 5.41) is 3.41. The molecule has 0 aliphatic rings. The van der Waals surface area contributed by atoms with Crippen molar-refractivity contribution in [3.63, 3.8) is 0 Å². The summed E-state index contributed by atoms with van der Waals surface area (Å²) in [6, 6.07) is 9.41. The van der Waals surface area contributed by atoms with Crippen LogP contribution in [0.25, 0.3) is 21.5 Å². The molecule has 0 saturated carbocycles. The van der Waals surface area contributed by atoms with Gasteiger partial charge in [0.25, 0.3) is 0 Å². The lowest BCUT2D eigenvalue weighted by molar-refractivity contribution is 0.0502. The molecule has 0 aliphatic heterocycles. The topological polar surface area (TPSA) is 39.2 Å². The second-order valence-electron chi connectivity index (χ2n) is 5.59. The van der Waals surface area contributed by atoms with Crippen LogP contribution in [0.2, 0.25) is 5.02 Å². The molecule has 0 atom stereocenters. The van der Waals surface area contributed by atoms with Gasteiger partial charge in [0, 0.05) is 10.4 Å². The summed E-state index contributed by atoms with van der Waals surface area (Å²) < 4.78 is 5.42. The molecule has 0 bridgehead atoms. The first kappa shape index (κ1) is 16.9. The van der Waals surface area contributed by atoms with E-state index in [1.807, 2.05) is 36.6 Å². The zero-order valence-corrected chi connectivity index (χ0v) is 15.2. The lowest BCUT2D eigenvalue weighted by Gasteiger charge is -2.11. The third-order valence-electron chi connectivity index (χ3n) is 3.89. The molecule has 124 valence electrons. The van der Waals surface area contributed by atoms with Crippen molar-refractivity contribution in [1.29, 1.82) is 0 Å². The molecule has 3 nitrogen and oxygen atoms in total. The van der Waals surface area contributed by atoms with Gasteiger partial charge < -0.3 is 4.74 Å². The van der Waals surface area contributed by atoms with Crippen LogP contribution in [0.5, 0.6) is 0 Å². The van der Waals surface area contributed by atoms with Gasteiger partial charge in [0.1, 0.15) is 0 Å². The van der Waals surface area contributed by atoms with Gasteiger partial charge in [0.15, 0.2) is 0 Å². The van der Waals surface area contributed by atoms with Crippen molar-refractivity contribution in [2.45, 2.75) is 26.7 Å². The number of nitrogens with zero attached hydrogens (tertiary/aromatic N) is 1. The normalized spacial score (nSPS) is 11.0. The highest BCUT2D eigenvalue weighted by molar-refractivity contribution is 7.13. The van der Waals surface area contributed by atoms with E-state index in [9.17, 15) is 4.79 Å². The lowest BCUT2D eigenvalue weighted by Crippen LogP contribution is -2.08. The maximum Gasteiger partial charge on any atom is 0.338 e. The highest BCUT2D eigenvalue weighted by Crippen LogP contribution is 2.32. The van der Waals surface area contributed by atoms with E-state index in [0.717, 1.165) is 39.9 Å². The summed E-state index contributed by atoms with van der Waals surface area (Å²) in [4.78, 5) is 18.3. The number of thiophene rings is 1.